The van der Waals surface area contributed by atoms with E-state index in [1.807, 2.05) is 0 Å². The van der Waals surface area contributed by atoms with Crippen molar-refractivity contribution in [1.29, 1.82) is 0 Å². The highest BCUT2D eigenvalue weighted by molar-refractivity contribution is 5.75. The Morgan fingerprint density at radius 2 is 1.93 bits per heavy atom. The predicted molar refractivity (Wildman–Crippen MR) is 54.2 cm³/mol. The molecule has 0 unspecified atom stereocenters. The van der Waals surface area contributed by atoms with Crippen molar-refractivity contribution in [3.8, 4) is 0 Å². The molecule has 0 aromatic carbocycles. The van der Waals surface area contributed by atoms with Crippen LogP contribution in [0.15, 0.2) is 4.99 Å². The molecule has 0 bridgehead atoms. The van der Waals surface area contributed by atoms with E-state index < -0.39 is 12.0 Å². The largest absolute Gasteiger partial charge is 0.483 e. The van der Waals surface area contributed by atoms with Gasteiger partial charge in [0, 0.05) is 6.54 Å². The lowest BCUT2D eigenvalue weighted by Gasteiger charge is -2.03. The monoisotopic (exact) mass is 220 g/mol. The predicted octanol–water partition coefficient (Wildman–Crippen LogP) is -1.85. The van der Waals surface area contributed by atoms with Crippen LogP contribution in [0.2, 0.25) is 0 Å². The molecule has 0 aliphatic carbocycles. The van der Waals surface area contributed by atoms with Gasteiger partial charge in [0.05, 0.1) is 0 Å². The van der Waals surface area contributed by atoms with Crippen LogP contribution in [-0.2, 0) is 9.59 Å². The van der Waals surface area contributed by atoms with Gasteiger partial charge in [-0.15, -0.1) is 0 Å². The number of aliphatic imine (C=N–C) groups is 1. The van der Waals surface area contributed by atoms with Gasteiger partial charge < -0.3 is 27.4 Å². The summed E-state index contributed by atoms with van der Waals surface area (Å²) >= 11 is 0. The van der Waals surface area contributed by atoms with Gasteiger partial charge in [-0.25, -0.2) is 0 Å². The van der Waals surface area contributed by atoms with E-state index in [-0.39, 0.29) is 12.4 Å². The Bertz CT molecular complexity index is 215. The molecule has 0 aliphatic heterocycles. The van der Waals surface area contributed by atoms with E-state index in [1.54, 1.807) is 0 Å². The average molecular weight is 220 g/mol. The molecular weight excluding hydrogens is 204 g/mol. The molecule has 88 valence electrons. The second-order valence-corrected chi connectivity index (χ2v) is 2.50. The molecule has 0 amide bonds. The first-order valence-electron chi connectivity index (χ1n) is 4.07. The molecule has 0 heterocycles. The van der Waals surface area contributed by atoms with Crippen molar-refractivity contribution in [2.24, 2.45) is 22.2 Å². The molecular formula is C7H16N4O4. The summed E-state index contributed by atoms with van der Waals surface area (Å²) in [4.78, 5) is 22.3. The molecule has 0 rings (SSSR count). The average Bonchev–Trinajstić information content (AvgIpc) is 2.12. The van der Waals surface area contributed by atoms with Crippen molar-refractivity contribution in [3.63, 3.8) is 0 Å². The number of aliphatic carboxylic acids is 1. The van der Waals surface area contributed by atoms with E-state index in [2.05, 4.69) is 4.99 Å². The third-order valence-corrected chi connectivity index (χ3v) is 1.28. The molecule has 8 heteroatoms. The number of carboxylic acids is 1. The van der Waals surface area contributed by atoms with Gasteiger partial charge in [0.25, 0.3) is 6.47 Å². The van der Waals surface area contributed by atoms with E-state index in [0.717, 1.165) is 0 Å². The summed E-state index contributed by atoms with van der Waals surface area (Å²) in [5, 5.41) is 15.3. The molecule has 0 saturated heterocycles. The Labute approximate surface area is 86.8 Å². The lowest BCUT2D eigenvalue weighted by atomic mass is 10.2. The van der Waals surface area contributed by atoms with Gasteiger partial charge in [-0.05, 0) is 12.8 Å². The highest BCUT2D eigenvalue weighted by atomic mass is 16.4. The van der Waals surface area contributed by atoms with Gasteiger partial charge in [-0.1, -0.05) is 0 Å². The van der Waals surface area contributed by atoms with E-state index in [0.29, 0.717) is 19.4 Å². The highest BCUT2D eigenvalue weighted by Crippen LogP contribution is 1.94. The zero-order chi connectivity index (χ0) is 12.3. The highest BCUT2D eigenvalue weighted by Gasteiger charge is 2.09. The van der Waals surface area contributed by atoms with Gasteiger partial charge in [0.15, 0.2) is 5.96 Å². The third-order valence-electron chi connectivity index (χ3n) is 1.28. The van der Waals surface area contributed by atoms with Gasteiger partial charge in [-0.3, -0.25) is 14.6 Å². The Morgan fingerprint density at radius 3 is 2.27 bits per heavy atom. The Hall–Kier alpha value is -1.83. The summed E-state index contributed by atoms with van der Waals surface area (Å²) < 4.78 is 0. The van der Waals surface area contributed by atoms with E-state index in [9.17, 15) is 4.79 Å². The topological polar surface area (TPSA) is 165 Å². The van der Waals surface area contributed by atoms with Crippen LogP contribution in [0.4, 0.5) is 0 Å². The fourth-order valence-corrected chi connectivity index (χ4v) is 0.643. The molecule has 0 spiro atoms. The summed E-state index contributed by atoms with van der Waals surface area (Å²) in [6.45, 7) is 0.170. The first-order valence-corrected chi connectivity index (χ1v) is 4.07. The Kier molecular flexibility index (Phi) is 10.7. The standard InChI is InChI=1S/C6H14N4O2.CH2O2/c7-4(5(11)12)2-1-3-10-6(8)9;2-1-3/h4H,1-3,7H2,(H,11,12)(H4,8,9,10);1H,(H,2,3)/t4-;/m0./s1. The van der Waals surface area contributed by atoms with Crippen molar-refractivity contribution in [2.45, 2.75) is 18.9 Å². The van der Waals surface area contributed by atoms with Crippen molar-refractivity contribution < 1.29 is 19.8 Å². The van der Waals surface area contributed by atoms with Crippen LogP contribution in [0, 0.1) is 0 Å². The van der Waals surface area contributed by atoms with Gasteiger partial charge >= 0.3 is 5.97 Å². The first-order chi connectivity index (χ1) is 6.95. The molecule has 15 heavy (non-hydrogen) atoms. The van der Waals surface area contributed by atoms with E-state index in [4.69, 9.17) is 32.2 Å². The molecule has 8 nitrogen and oxygen atoms in total. The number of hydrogen-bond acceptors (Lipinski definition) is 4. The van der Waals surface area contributed by atoms with Gasteiger partial charge in [0.1, 0.15) is 6.04 Å². The molecule has 0 aromatic heterocycles. The number of nitrogens with zero attached hydrogens (tertiary/aromatic N) is 1. The van der Waals surface area contributed by atoms with Crippen LogP contribution in [0.5, 0.6) is 0 Å². The molecule has 0 aliphatic rings. The Morgan fingerprint density at radius 1 is 1.47 bits per heavy atom. The van der Waals surface area contributed by atoms with Crippen LogP contribution in [0.1, 0.15) is 12.8 Å². The molecule has 0 saturated carbocycles. The first kappa shape index (κ1) is 15.6. The summed E-state index contributed by atoms with van der Waals surface area (Å²) in [6, 6.07) is -0.820. The van der Waals surface area contributed by atoms with Gasteiger partial charge in [-0.2, -0.15) is 0 Å². The number of carboxylic acid groups (broad SMARTS) is 2. The van der Waals surface area contributed by atoms with Crippen LogP contribution in [0.25, 0.3) is 0 Å². The van der Waals surface area contributed by atoms with Crippen LogP contribution < -0.4 is 17.2 Å². The maximum absolute atomic E-state index is 10.2. The maximum atomic E-state index is 10.2. The zero-order valence-corrected chi connectivity index (χ0v) is 8.17. The number of nitrogens with two attached hydrogens (primary N) is 3. The number of rotatable bonds is 5. The van der Waals surface area contributed by atoms with Crippen LogP contribution in [-0.4, -0.2) is 41.2 Å². The van der Waals surface area contributed by atoms with Gasteiger partial charge in [0.2, 0.25) is 0 Å². The number of carbonyl (C=O) groups is 2. The Balaban J connectivity index is 0. The minimum Gasteiger partial charge on any atom is -0.483 e. The minimum atomic E-state index is -1.00. The fraction of sp³-hybridized carbons (Fsp3) is 0.571. The lowest BCUT2D eigenvalue weighted by molar-refractivity contribution is -0.138. The normalized spacial score (nSPS) is 10.5. The number of hydrogen-bond donors (Lipinski definition) is 5. The smallest absolute Gasteiger partial charge is 0.320 e. The minimum absolute atomic E-state index is 0.0129. The summed E-state index contributed by atoms with van der Waals surface area (Å²) in [5.74, 6) is -0.987. The molecule has 0 aromatic rings. The lowest BCUT2D eigenvalue weighted by Crippen LogP contribution is -2.30. The summed E-state index contributed by atoms with van der Waals surface area (Å²) in [7, 11) is 0. The molecule has 0 fully saturated rings. The molecule has 0 radical (unpaired) electrons. The van der Waals surface area contributed by atoms with Crippen molar-refractivity contribution >= 4 is 18.4 Å². The maximum Gasteiger partial charge on any atom is 0.320 e. The molecule has 8 N–H and O–H groups in total. The summed E-state index contributed by atoms with van der Waals surface area (Å²) in [6.07, 6.45) is 0.956. The summed E-state index contributed by atoms with van der Waals surface area (Å²) in [5.41, 5.74) is 15.3. The zero-order valence-electron chi connectivity index (χ0n) is 8.17. The van der Waals surface area contributed by atoms with Crippen LogP contribution >= 0.6 is 0 Å². The van der Waals surface area contributed by atoms with E-state index >= 15 is 0 Å². The second-order valence-electron chi connectivity index (χ2n) is 2.50. The second kappa shape index (κ2) is 10.3. The quantitative estimate of drug-likeness (QED) is 0.157. The van der Waals surface area contributed by atoms with Crippen molar-refractivity contribution in [1.82, 2.24) is 0 Å². The van der Waals surface area contributed by atoms with Crippen molar-refractivity contribution in [3.05, 3.63) is 0 Å². The van der Waals surface area contributed by atoms with Crippen LogP contribution in [0.3, 0.4) is 0 Å². The fourth-order valence-electron chi connectivity index (χ4n) is 0.643. The third kappa shape index (κ3) is 15.0. The van der Waals surface area contributed by atoms with Crippen molar-refractivity contribution in [2.75, 3.05) is 6.54 Å². The van der Waals surface area contributed by atoms with E-state index in [1.165, 1.54) is 0 Å². The number of guanidine groups is 1. The SMILES string of the molecule is NC(N)=NCCC[C@H](N)C(=O)O.O=CO. The molecule has 1 atom stereocenters.